The Kier molecular flexibility index (Phi) is 2.64. The summed E-state index contributed by atoms with van der Waals surface area (Å²) in [6, 6.07) is 0. The molecule has 1 rings (SSSR count). The van der Waals surface area contributed by atoms with E-state index in [1.807, 2.05) is 0 Å². The van der Waals surface area contributed by atoms with Crippen LogP contribution in [-0.2, 0) is 0 Å². The zero-order valence-corrected chi connectivity index (χ0v) is 8.41. The van der Waals surface area contributed by atoms with E-state index in [2.05, 4.69) is 26.8 Å². The van der Waals surface area contributed by atoms with Crippen LogP contribution in [0.4, 0.5) is 0 Å². The van der Waals surface area contributed by atoms with Gasteiger partial charge < -0.3 is 0 Å². The molecule has 0 aliphatic heterocycles. The highest BCUT2D eigenvalue weighted by Gasteiger charge is 2.27. The quantitative estimate of drug-likeness (QED) is 0.418. The molecule has 0 amide bonds. The molecule has 0 N–H and O–H groups in total. The van der Waals surface area contributed by atoms with Crippen LogP contribution in [-0.4, -0.2) is 4.87 Å². The van der Waals surface area contributed by atoms with Crippen molar-refractivity contribution in [3.63, 3.8) is 0 Å². The molecule has 0 spiro atoms. The van der Waals surface area contributed by atoms with Gasteiger partial charge in [0.25, 0.3) is 0 Å². The number of hydrogen-bond acceptors (Lipinski definition) is 0. The van der Waals surface area contributed by atoms with Gasteiger partial charge in [0.05, 0.1) is 0 Å². The van der Waals surface area contributed by atoms with Gasteiger partial charge in [0.15, 0.2) is 0 Å². The average molecular weight is 173 g/mol. The Hall–Kier alpha value is 0.0300. The summed E-state index contributed by atoms with van der Waals surface area (Å²) in [6.07, 6.45) is 6.00. The molecule has 0 nitrogen and oxygen atoms in total. The highest BCUT2D eigenvalue weighted by atomic mass is 35.5. The van der Waals surface area contributed by atoms with Gasteiger partial charge in [-0.15, -0.1) is 11.6 Å². The number of alkyl halides is 1. The van der Waals surface area contributed by atoms with Crippen LogP contribution in [0, 0.1) is 5.92 Å². The van der Waals surface area contributed by atoms with Gasteiger partial charge in [-0.25, -0.2) is 0 Å². The van der Waals surface area contributed by atoms with E-state index in [0.717, 1.165) is 0 Å². The lowest BCUT2D eigenvalue weighted by Gasteiger charge is -2.30. The van der Waals surface area contributed by atoms with E-state index >= 15 is 0 Å². The highest BCUT2D eigenvalue weighted by molar-refractivity contribution is 6.23. The number of halogens is 1. The molecule has 1 atom stereocenters. The summed E-state index contributed by atoms with van der Waals surface area (Å²) in [5.41, 5.74) is 1.53. The highest BCUT2D eigenvalue weighted by Crippen LogP contribution is 2.35. The second-order valence-electron chi connectivity index (χ2n) is 4.09. The maximum atomic E-state index is 6.23. The predicted octanol–water partition coefficient (Wildman–Crippen LogP) is 3.75. The van der Waals surface area contributed by atoms with Crippen molar-refractivity contribution in [2.75, 3.05) is 0 Å². The fourth-order valence-corrected chi connectivity index (χ4v) is 1.79. The van der Waals surface area contributed by atoms with Gasteiger partial charge >= 0.3 is 0 Å². The molecule has 64 valence electrons. The minimum Gasteiger partial charge on any atom is -0.120 e. The van der Waals surface area contributed by atoms with Gasteiger partial charge in [-0.05, 0) is 46.0 Å². The molecule has 1 heteroatoms. The lowest BCUT2D eigenvalue weighted by atomic mass is 9.82. The first-order valence-electron chi connectivity index (χ1n) is 4.34. The summed E-state index contributed by atoms with van der Waals surface area (Å²) >= 11 is 6.23. The van der Waals surface area contributed by atoms with Crippen LogP contribution in [0.5, 0.6) is 0 Å². The standard InChI is InChI=1S/C10H17Cl/c1-8-4-6-9(7-5-8)10(2,3)11/h4,9H,5-7H2,1-3H3/t9-/m0/s1. The lowest BCUT2D eigenvalue weighted by Crippen LogP contribution is -2.25. The van der Waals surface area contributed by atoms with Crippen LogP contribution in [0.3, 0.4) is 0 Å². The van der Waals surface area contributed by atoms with Crippen molar-refractivity contribution >= 4 is 11.6 Å². The Bertz CT molecular complexity index is 162. The summed E-state index contributed by atoms with van der Waals surface area (Å²) in [7, 11) is 0. The number of rotatable bonds is 1. The third-order valence-corrected chi connectivity index (χ3v) is 2.92. The van der Waals surface area contributed by atoms with E-state index in [1.54, 1.807) is 0 Å². The van der Waals surface area contributed by atoms with E-state index in [1.165, 1.54) is 24.8 Å². The maximum Gasteiger partial charge on any atom is 0.0421 e. The Morgan fingerprint density at radius 3 is 2.55 bits per heavy atom. The Balaban J connectivity index is 2.54. The van der Waals surface area contributed by atoms with Gasteiger partial charge in [0.2, 0.25) is 0 Å². The normalized spacial score (nSPS) is 26.5. The average Bonchev–Trinajstić information content (AvgIpc) is 1.86. The first-order chi connectivity index (χ1) is 5.00. The van der Waals surface area contributed by atoms with Crippen molar-refractivity contribution in [3.8, 4) is 0 Å². The number of hydrogen-bond donors (Lipinski definition) is 0. The summed E-state index contributed by atoms with van der Waals surface area (Å²) in [4.78, 5) is -0.0167. The molecule has 0 bridgehead atoms. The molecule has 0 radical (unpaired) electrons. The Labute approximate surface area is 74.6 Å². The zero-order valence-electron chi connectivity index (χ0n) is 7.65. The maximum absolute atomic E-state index is 6.23. The van der Waals surface area contributed by atoms with Crippen molar-refractivity contribution < 1.29 is 0 Å². The molecular formula is C10H17Cl. The van der Waals surface area contributed by atoms with Crippen LogP contribution < -0.4 is 0 Å². The molecule has 1 aliphatic carbocycles. The van der Waals surface area contributed by atoms with Gasteiger partial charge in [0, 0.05) is 4.87 Å². The van der Waals surface area contributed by atoms with E-state index in [9.17, 15) is 0 Å². The molecule has 0 aromatic heterocycles. The molecule has 0 saturated carbocycles. The van der Waals surface area contributed by atoms with Crippen molar-refractivity contribution in [2.24, 2.45) is 5.92 Å². The molecule has 0 heterocycles. The monoisotopic (exact) mass is 172 g/mol. The molecule has 11 heavy (non-hydrogen) atoms. The second-order valence-corrected chi connectivity index (χ2v) is 5.06. The van der Waals surface area contributed by atoms with Crippen LogP contribution in [0.2, 0.25) is 0 Å². The van der Waals surface area contributed by atoms with E-state index in [0.29, 0.717) is 5.92 Å². The van der Waals surface area contributed by atoms with Crippen LogP contribution >= 0.6 is 11.6 Å². The fraction of sp³-hybridized carbons (Fsp3) is 0.800. The van der Waals surface area contributed by atoms with Gasteiger partial charge in [0.1, 0.15) is 0 Å². The smallest absolute Gasteiger partial charge is 0.0421 e. The Morgan fingerprint density at radius 1 is 1.55 bits per heavy atom. The zero-order chi connectivity index (χ0) is 8.48. The topological polar surface area (TPSA) is 0 Å². The molecule has 0 aromatic carbocycles. The molecular weight excluding hydrogens is 156 g/mol. The largest absolute Gasteiger partial charge is 0.120 e. The van der Waals surface area contributed by atoms with Crippen molar-refractivity contribution in [1.29, 1.82) is 0 Å². The van der Waals surface area contributed by atoms with Crippen molar-refractivity contribution in [1.82, 2.24) is 0 Å². The van der Waals surface area contributed by atoms with Crippen molar-refractivity contribution in [3.05, 3.63) is 11.6 Å². The summed E-state index contributed by atoms with van der Waals surface area (Å²) in [6.45, 7) is 6.44. The molecule has 0 saturated heterocycles. The SMILES string of the molecule is CC1=CC[C@H](C(C)(C)Cl)CC1. The van der Waals surface area contributed by atoms with E-state index < -0.39 is 0 Å². The van der Waals surface area contributed by atoms with E-state index in [4.69, 9.17) is 11.6 Å². The molecule has 0 unspecified atom stereocenters. The predicted molar refractivity (Wildman–Crippen MR) is 51.0 cm³/mol. The van der Waals surface area contributed by atoms with Gasteiger partial charge in [-0.3, -0.25) is 0 Å². The summed E-state index contributed by atoms with van der Waals surface area (Å²) in [5, 5.41) is 0. The van der Waals surface area contributed by atoms with Crippen LogP contribution in [0.1, 0.15) is 40.0 Å². The number of allylic oxidation sites excluding steroid dienone is 2. The molecule has 0 fully saturated rings. The van der Waals surface area contributed by atoms with E-state index in [-0.39, 0.29) is 4.87 Å². The third-order valence-electron chi connectivity index (χ3n) is 2.61. The molecule has 0 aromatic rings. The third kappa shape index (κ3) is 2.52. The summed E-state index contributed by atoms with van der Waals surface area (Å²) < 4.78 is 0. The van der Waals surface area contributed by atoms with Crippen LogP contribution in [0.25, 0.3) is 0 Å². The van der Waals surface area contributed by atoms with Crippen LogP contribution in [0.15, 0.2) is 11.6 Å². The minimum absolute atomic E-state index is 0.0167. The van der Waals surface area contributed by atoms with Gasteiger partial charge in [-0.1, -0.05) is 11.6 Å². The van der Waals surface area contributed by atoms with Crippen molar-refractivity contribution in [2.45, 2.75) is 44.9 Å². The minimum atomic E-state index is -0.0167. The second kappa shape index (κ2) is 3.18. The molecule has 1 aliphatic rings. The van der Waals surface area contributed by atoms with Gasteiger partial charge in [-0.2, -0.15) is 0 Å². The summed E-state index contributed by atoms with van der Waals surface area (Å²) in [5.74, 6) is 0.674. The fourth-order valence-electron chi connectivity index (χ4n) is 1.59. The Morgan fingerprint density at radius 2 is 2.18 bits per heavy atom. The lowest BCUT2D eigenvalue weighted by molar-refractivity contribution is 0.377. The first kappa shape index (κ1) is 9.12. The first-order valence-corrected chi connectivity index (χ1v) is 4.72.